The minimum Gasteiger partial charge on any atom is -0.489 e. The van der Waals surface area contributed by atoms with E-state index in [0.29, 0.717) is 6.61 Å². The summed E-state index contributed by atoms with van der Waals surface area (Å²) in [5, 5.41) is 1.62. The van der Waals surface area contributed by atoms with Gasteiger partial charge >= 0.3 is 0 Å². The van der Waals surface area contributed by atoms with Crippen molar-refractivity contribution in [1.82, 2.24) is 0 Å². The molecule has 0 unspecified atom stereocenters. The molecule has 0 aliphatic carbocycles. The molecule has 0 fully saturated rings. The number of hydrogen-bond donors (Lipinski definition) is 0. The van der Waals surface area contributed by atoms with E-state index in [4.69, 9.17) is 16.3 Å². The summed E-state index contributed by atoms with van der Waals surface area (Å²) in [5.41, 5.74) is 4.72. The SMILES string of the molecule is Clc1ccc(-c2ccc(OCc3ccc(CBr)cc3)cc2)cc1. The fourth-order valence-corrected chi connectivity index (χ4v) is 2.78. The van der Waals surface area contributed by atoms with Crippen molar-refractivity contribution in [3.8, 4) is 16.9 Å². The first-order chi connectivity index (χ1) is 11.2. The van der Waals surface area contributed by atoms with Gasteiger partial charge in [0.1, 0.15) is 12.4 Å². The molecule has 0 amide bonds. The van der Waals surface area contributed by atoms with Gasteiger partial charge in [-0.3, -0.25) is 0 Å². The van der Waals surface area contributed by atoms with E-state index in [1.165, 1.54) is 5.56 Å². The van der Waals surface area contributed by atoms with Gasteiger partial charge in [0.25, 0.3) is 0 Å². The maximum absolute atomic E-state index is 5.92. The second kappa shape index (κ2) is 7.67. The Kier molecular flexibility index (Phi) is 5.37. The van der Waals surface area contributed by atoms with Crippen LogP contribution in [0.15, 0.2) is 72.8 Å². The quantitative estimate of drug-likeness (QED) is 0.455. The summed E-state index contributed by atoms with van der Waals surface area (Å²) in [6.07, 6.45) is 0. The van der Waals surface area contributed by atoms with E-state index in [1.54, 1.807) is 0 Å². The zero-order valence-corrected chi connectivity index (χ0v) is 14.8. The van der Waals surface area contributed by atoms with Gasteiger partial charge < -0.3 is 4.74 Å². The second-order valence-electron chi connectivity index (χ2n) is 5.27. The highest BCUT2D eigenvalue weighted by Crippen LogP contribution is 2.24. The Morgan fingerprint density at radius 1 is 0.696 bits per heavy atom. The lowest BCUT2D eigenvalue weighted by molar-refractivity contribution is 0.306. The second-order valence-corrected chi connectivity index (χ2v) is 6.27. The average molecular weight is 388 g/mol. The summed E-state index contributed by atoms with van der Waals surface area (Å²) in [6.45, 7) is 0.572. The zero-order valence-electron chi connectivity index (χ0n) is 12.5. The highest BCUT2D eigenvalue weighted by atomic mass is 79.9. The first-order valence-electron chi connectivity index (χ1n) is 7.37. The van der Waals surface area contributed by atoms with Gasteiger partial charge in [0.05, 0.1) is 0 Å². The number of ether oxygens (including phenoxy) is 1. The van der Waals surface area contributed by atoms with Gasteiger partial charge in [-0.25, -0.2) is 0 Å². The summed E-state index contributed by atoms with van der Waals surface area (Å²) in [4.78, 5) is 0. The fraction of sp³-hybridized carbons (Fsp3) is 0.100. The van der Waals surface area contributed by atoms with Crippen LogP contribution in [0.25, 0.3) is 11.1 Å². The van der Waals surface area contributed by atoms with Gasteiger partial charge in [0.15, 0.2) is 0 Å². The van der Waals surface area contributed by atoms with Gasteiger partial charge in [-0.2, -0.15) is 0 Å². The monoisotopic (exact) mass is 386 g/mol. The summed E-state index contributed by atoms with van der Waals surface area (Å²) in [7, 11) is 0. The molecule has 0 spiro atoms. The molecule has 0 aliphatic rings. The van der Waals surface area contributed by atoms with Crippen LogP contribution in [0.2, 0.25) is 5.02 Å². The summed E-state index contributed by atoms with van der Waals surface area (Å²) >= 11 is 9.37. The third-order valence-corrected chi connectivity index (χ3v) is 4.51. The van der Waals surface area contributed by atoms with Gasteiger partial charge in [-0.15, -0.1) is 0 Å². The summed E-state index contributed by atoms with van der Waals surface area (Å²) in [5.74, 6) is 0.868. The molecule has 0 saturated carbocycles. The zero-order chi connectivity index (χ0) is 16.1. The number of benzene rings is 3. The molecule has 0 bridgehead atoms. The van der Waals surface area contributed by atoms with Crippen LogP contribution >= 0.6 is 27.5 Å². The largest absolute Gasteiger partial charge is 0.489 e. The summed E-state index contributed by atoms with van der Waals surface area (Å²) < 4.78 is 5.84. The van der Waals surface area contributed by atoms with E-state index in [-0.39, 0.29) is 0 Å². The van der Waals surface area contributed by atoms with Gasteiger partial charge in [-0.1, -0.05) is 76.1 Å². The van der Waals surface area contributed by atoms with Crippen molar-refractivity contribution in [3.63, 3.8) is 0 Å². The maximum atomic E-state index is 5.92. The summed E-state index contributed by atoms with van der Waals surface area (Å²) in [6, 6.07) is 24.4. The van der Waals surface area contributed by atoms with Gasteiger partial charge in [0.2, 0.25) is 0 Å². The highest BCUT2D eigenvalue weighted by Gasteiger charge is 2.00. The van der Waals surface area contributed by atoms with E-state index in [2.05, 4.69) is 52.3 Å². The molecule has 3 rings (SSSR count). The third-order valence-electron chi connectivity index (χ3n) is 3.61. The lowest BCUT2D eigenvalue weighted by Gasteiger charge is -2.08. The molecule has 3 aromatic rings. The average Bonchev–Trinajstić information content (AvgIpc) is 2.61. The lowest BCUT2D eigenvalue weighted by atomic mass is 10.1. The van der Waals surface area contributed by atoms with E-state index in [0.717, 1.165) is 32.8 Å². The Hall–Kier alpha value is -1.77. The van der Waals surface area contributed by atoms with Crippen LogP contribution in [-0.2, 0) is 11.9 Å². The van der Waals surface area contributed by atoms with E-state index >= 15 is 0 Å². The minimum absolute atomic E-state index is 0.572. The third kappa shape index (κ3) is 4.37. The molecule has 0 aliphatic heterocycles. The first-order valence-corrected chi connectivity index (χ1v) is 8.87. The molecule has 0 heterocycles. The van der Waals surface area contributed by atoms with E-state index in [1.807, 2.05) is 36.4 Å². The molecule has 116 valence electrons. The Morgan fingerprint density at radius 3 is 1.78 bits per heavy atom. The van der Waals surface area contributed by atoms with Crippen molar-refractivity contribution in [2.45, 2.75) is 11.9 Å². The number of alkyl halides is 1. The van der Waals surface area contributed by atoms with Crippen LogP contribution in [0.3, 0.4) is 0 Å². The standard InChI is InChI=1S/C20H16BrClO/c21-13-15-1-3-16(4-2-15)14-23-20-11-7-18(8-12-20)17-5-9-19(22)10-6-17/h1-12H,13-14H2. The number of rotatable bonds is 5. The molecule has 3 heteroatoms. The van der Waals surface area contributed by atoms with Crippen molar-refractivity contribution in [3.05, 3.63) is 88.9 Å². The van der Waals surface area contributed by atoms with Crippen LogP contribution in [0.1, 0.15) is 11.1 Å². The molecule has 0 atom stereocenters. The van der Waals surface area contributed by atoms with Crippen molar-refractivity contribution in [2.24, 2.45) is 0 Å². The number of hydrogen-bond acceptors (Lipinski definition) is 1. The molecule has 23 heavy (non-hydrogen) atoms. The maximum Gasteiger partial charge on any atom is 0.119 e. The molecule has 3 aromatic carbocycles. The van der Waals surface area contributed by atoms with Crippen LogP contribution in [0, 0.1) is 0 Å². The highest BCUT2D eigenvalue weighted by molar-refractivity contribution is 9.08. The van der Waals surface area contributed by atoms with Gasteiger partial charge in [0, 0.05) is 10.4 Å². The van der Waals surface area contributed by atoms with Crippen molar-refractivity contribution in [2.75, 3.05) is 0 Å². The lowest BCUT2D eigenvalue weighted by Crippen LogP contribution is -1.95. The smallest absolute Gasteiger partial charge is 0.119 e. The Balaban J connectivity index is 1.64. The molecule has 0 aromatic heterocycles. The van der Waals surface area contributed by atoms with Gasteiger partial charge in [-0.05, 0) is 46.5 Å². The van der Waals surface area contributed by atoms with Crippen LogP contribution in [0.5, 0.6) is 5.75 Å². The Labute approximate surface area is 150 Å². The topological polar surface area (TPSA) is 9.23 Å². The van der Waals surface area contributed by atoms with E-state index in [9.17, 15) is 0 Å². The Bertz CT molecular complexity index is 749. The normalized spacial score (nSPS) is 10.5. The minimum atomic E-state index is 0.572. The van der Waals surface area contributed by atoms with Crippen molar-refractivity contribution in [1.29, 1.82) is 0 Å². The van der Waals surface area contributed by atoms with Crippen molar-refractivity contribution >= 4 is 27.5 Å². The van der Waals surface area contributed by atoms with Crippen molar-refractivity contribution < 1.29 is 4.74 Å². The molecule has 1 nitrogen and oxygen atoms in total. The predicted molar refractivity (Wildman–Crippen MR) is 100 cm³/mol. The molecule has 0 saturated heterocycles. The fourth-order valence-electron chi connectivity index (χ4n) is 2.28. The van der Waals surface area contributed by atoms with Crippen LogP contribution in [0.4, 0.5) is 0 Å². The van der Waals surface area contributed by atoms with Crippen LogP contribution < -0.4 is 4.74 Å². The number of halogens is 2. The predicted octanol–water partition coefficient (Wildman–Crippen LogP) is 6.48. The van der Waals surface area contributed by atoms with E-state index < -0.39 is 0 Å². The van der Waals surface area contributed by atoms with Crippen LogP contribution in [-0.4, -0.2) is 0 Å². The first kappa shape index (κ1) is 16.1. The molecule has 0 radical (unpaired) electrons. The Morgan fingerprint density at radius 2 is 1.22 bits per heavy atom. The molecular weight excluding hydrogens is 372 g/mol. The molecular formula is C20H16BrClO. The molecule has 0 N–H and O–H groups in total.